The maximum Gasteiger partial charge on any atom is 0.252 e. The topological polar surface area (TPSA) is 79.8 Å². The van der Waals surface area contributed by atoms with Gasteiger partial charge in [0.15, 0.2) is 6.04 Å². The number of hydrogen-bond donors (Lipinski definition) is 2. The largest absolute Gasteiger partial charge is 0.324 e. The number of hydrogen-bond acceptors (Lipinski definition) is 4. The van der Waals surface area contributed by atoms with E-state index >= 15 is 0 Å². The summed E-state index contributed by atoms with van der Waals surface area (Å²) in [4.78, 5) is 21.2. The number of aryl methyl sites for hydroxylation is 1. The van der Waals surface area contributed by atoms with Crippen molar-refractivity contribution >= 4 is 23.5 Å². The number of carbonyl (C=O) groups excluding carboxylic acids is 1. The molecule has 2 unspecified atom stereocenters. The van der Waals surface area contributed by atoms with E-state index < -0.39 is 12.2 Å². The normalized spacial score (nSPS) is 20.0. The molecule has 1 aliphatic rings. The lowest BCUT2D eigenvalue weighted by atomic mass is 10.1. The maximum atomic E-state index is 12.4. The highest BCUT2D eigenvalue weighted by Crippen LogP contribution is 2.14. The van der Waals surface area contributed by atoms with Gasteiger partial charge in [-0.2, -0.15) is 0 Å². The Labute approximate surface area is 135 Å². The molecule has 0 aliphatic carbocycles. The summed E-state index contributed by atoms with van der Waals surface area (Å²) < 4.78 is 0. The lowest BCUT2D eigenvalue weighted by molar-refractivity contribution is -0.117. The molecular formula is C18H18N4O. The van der Waals surface area contributed by atoms with E-state index in [0.717, 1.165) is 11.1 Å². The van der Waals surface area contributed by atoms with Crippen LogP contribution in [-0.2, 0) is 4.79 Å². The summed E-state index contributed by atoms with van der Waals surface area (Å²) in [6, 6.07) is 16.4. The summed E-state index contributed by atoms with van der Waals surface area (Å²) in [5, 5.41) is 2.83. The minimum absolute atomic E-state index is 0.259. The standard InChI is InChI=1S/C18H18N4O/c1-12-6-5-7-13(10-12)15-11-20-17(19)16(22-15)18(23)21-14-8-3-2-4-9-14/h2-11,16-17H,19H2,1H3,(H,21,23). The molecule has 2 atom stereocenters. The summed E-state index contributed by atoms with van der Waals surface area (Å²) in [6.45, 7) is 2.01. The van der Waals surface area contributed by atoms with Gasteiger partial charge in [0, 0.05) is 17.5 Å². The van der Waals surface area contributed by atoms with Gasteiger partial charge in [-0.15, -0.1) is 0 Å². The number of benzene rings is 2. The van der Waals surface area contributed by atoms with Gasteiger partial charge < -0.3 is 11.1 Å². The predicted molar refractivity (Wildman–Crippen MR) is 93.0 cm³/mol. The second-order valence-electron chi connectivity index (χ2n) is 5.45. The number of nitrogens with one attached hydrogen (secondary N) is 1. The number of rotatable bonds is 3. The van der Waals surface area contributed by atoms with Gasteiger partial charge >= 0.3 is 0 Å². The predicted octanol–water partition coefficient (Wildman–Crippen LogP) is 2.16. The first-order chi connectivity index (χ1) is 11.1. The molecule has 2 aromatic carbocycles. The number of para-hydroxylation sites is 1. The van der Waals surface area contributed by atoms with Gasteiger partial charge in [0.1, 0.15) is 6.17 Å². The van der Waals surface area contributed by atoms with E-state index in [9.17, 15) is 4.79 Å². The van der Waals surface area contributed by atoms with Crippen molar-refractivity contribution in [1.82, 2.24) is 0 Å². The Kier molecular flexibility index (Phi) is 4.30. The van der Waals surface area contributed by atoms with E-state index in [1.54, 1.807) is 6.21 Å². The molecule has 1 amide bonds. The molecule has 0 spiro atoms. The van der Waals surface area contributed by atoms with Gasteiger partial charge in [-0.3, -0.25) is 14.8 Å². The molecule has 5 heteroatoms. The molecule has 116 valence electrons. The Hall–Kier alpha value is -2.79. The number of anilines is 1. The number of nitrogens with zero attached hydrogens (tertiary/aromatic N) is 2. The molecule has 0 radical (unpaired) electrons. The monoisotopic (exact) mass is 306 g/mol. The van der Waals surface area contributed by atoms with Crippen LogP contribution in [0.3, 0.4) is 0 Å². The summed E-state index contributed by atoms with van der Waals surface area (Å²) in [5.74, 6) is -0.259. The van der Waals surface area contributed by atoms with Crippen LogP contribution in [0.15, 0.2) is 64.6 Å². The molecular weight excluding hydrogens is 288 g/mol. The van der Waals surface area contributed by atoms with Crippen LogP contribution in [0.5, 0.6) is 0 Å². The Morgan fingerprint density at radius 2 is 1.91 bits per heavy atom. The maximum absolute atomic E-state index is 12.4. The molecule has 0 saturated heterocycles. The van der Waals surface area contributed by atoms with Crippen LogP contribution in [0.2, 0.25) is 0 Å². The van der Waals surface area contributed by atoms with Crippen molar-refractivity contribution in [3.63, 3.8) is 0 Å². The molecule has 0 fully saturated rings. The first-order valence-corrected chi connectivity index (χ1v) is 7.43. The van der Waals surface area contributed by atoms with Crippen molar-refractivity contribution in [1.29, 1.82) is 0 Å². The van der Waals surface area contributed by atoms with Gasteiger partial charge in [-0.05, 0) is 25.1 Å². The first kappa shape index (κ1) is 15.1. The quantitative estimate of drug-likeness (QED) is 0.911. The van der Waals surface area contributed by atoms with Crippen molar-refractivity contribution in [2.75, 3.05) is 5.32 Å². The summed E-state index contributed by atoms with van der Waals surface area (Å²) in [7, 11) is 0. The van der Waals surface area contributed by atoms with E-state index in [1.165, 1.54) is 0 Å². The fourth-order valence-electron chi connectivity index (χ4n) is 2.40. The van der Waals surface area contributed by atoms with E-state index in [4.69, 9.17) is 5.73 Å². The van der Waals surface area contributed by atoms with Crippen LogP contribution in [-0.4, -0.2) is 30.0 Å². The highest BCUT2D eigenvalue weighted by Gasteiger charge is 2.28. The average Bonchev–Trinajstić information content (AvgIpc) is 2.56. The summed E-state index contributed by atoms with van der Waals surface area (Å²) >= 11 is 0. The van der Waals surface area contributed by atoms with Gasteiger partial charge in [-0.25, -0.2) is 0 Å². The second-order valence-corrected chi connectivity index (χ2v) is 5.45. The highest BCUT2D eigenvalue weighted by molar-refractivity contribution is 6.39. The number of amides is 1. The first-order valence-electron chi connectivity index (χ1n) is 7.43. The Morgan fingerprint density at radius 1 is 1.13 bits per heavy atom. The van der Waals surface area contributed by atoms with Crippen molar-refractivity contribution in [2.45, 2.75) is 19.1 Å². The molecule has 3 N–H and O–H groups in total. The fraction of sp³-hybridized carbons (Fsp3) is 0.167. The molecule has 1 heterocycles. The highest BCUT2D eigenvalue weighted by atomic mass is 16.2. The van der Waals surface area contributed by atoms with E-state index in [1.807, 2.05) is 61.5 Å². The average molecular weight is 306 g/mol. The van der Waals surface area contributed by atoms with Gasteiger partial charge in [0.25, 0.3) is 5.91 Å². The van der Waals surface area contributed by atoms with Gasteiger partial charge in [0.2, 0.25) is 0 Å². The van der Waals surface area contributed by atoms with Crippen LogP contribution in [0, 0.1) is 6.92 Å². The minimum atomic E-state index is -0.740. The lowest BCUT2D eigenvalue weighted by Gasteiger charge is -2.21. The molecule has 5 nitrogen and oxygen atoms in total. The zero-order valence-corrected chi connectivity index (χ0v) is 12.8. The molecule has 0 saturated carbocycles. The van der Waals surface area contributed by atoms with Gasteiger partial charge in [0.05, 0.1) is 5.71 Å². The zero-order valence-electron chi connectivity index (χ0n) is 12.8. The molecule has 2 aromatic rings. The molecule has 1 aliphatic heterocycles. The van der Waals surface area contributed by atoms with E-state index in [2.05, 4.69) is 15.3 Å². The van der Waals surface area contributed by atoms with Crippen LogP contribution < -0.4 is 11.1 Å². The minimum Gasteiger partial charge on any atom is -0.324 e. The van der Waals surface area contributed by atoms with Crippen LogP contribution >= 0.6 is 0 Å². The summed E-state index contributed by atoms with van der Waals surface area (Å²) in [6.07, 6.45) is 0.957. The third-order valence-electron chi connectivity index (χ3n) is 3.59. The van der Waals surface area contributed by atoms with Crippen molar-refractivity contribution in [3.8, 4) is 0 Å². The third-order valence-corrected chi connectivity index (χ3v) is 3.59. The third kappa shape index (κ3) is 3.52. The number of aliphatic imine (C=N–C) groups is 2. The van der Waals surface area contributed by atoms with Crippen molar-refractivity contribution in [2.24, 2.45) is 15.7 Å². The number of nitrogens with two attached hydrogens (primary N) is 1. The van der Waals surface area contributed by atoms with Gasteiger partial charge in [-0.1, -0.05) is 42.0 Å². The fourth-order valence-corrected chi connectivity index (χ4v) is 2.40. The van der Waals surface area contributed by atoms with Crippen molar-refractivity contribution in [3.05, 3.63) is 65.7 Å². The van der Waals surface area contributed by atoms with Crippen LogP contribution in [0.25, 0.3) is 0 Å². The lowest BCUT2D eigenvalue weighted by Crippen LogP contribution is -2.44. The van der Waals surface area contributed by atoms with Crippen LogP contribution in [0.4, 0.5) is 5.69 Å². The Morgan fingerprint density at radius 3 is 2.65 bits per heavy atom. The smallest absolute Gasteiger partial charge is 0.252 e. The van der Waals surface area contributed by atoms with Crippen LogP contribution in [0.1, 0.15) is 11.1 Å². The molecule has 23 heavy (non-hydrogen) atoms. The van der Waals surface area contributed by atoms with E-state index in [-0.39, 0.29) is 5.91 Å². The molecule has 3 rings (SSSR count). The number of carbonyl (C=O) groups is 1. The van der Waals surface area contributed by atoms with Crippen molar-refractivity contribution < 1.29 is 4.79 Å². The molecule has 0 bridgehead atoms. The SMILES string of the molecule is Cc1cccc(C2=NC(C(=O)Nc3ccccc3)C(N)N=C2)c1. The Balaban J connectivity index is 1.83. The summed E-state index contributed by atoms with van der Waals surface area (Å²) in [5.41, 5.74) is 9.38. The second kappa shape index (κ2) is 6.54. The molecule has 0 aromatic heterocycles. The van der Waals surface area contributed by atoms with E-state index in [0.29, 0.717) is 11.4 Å². The zero-order chi connectivity index (χ0) is 16.2. The Bertz CT molecular complexity index is 768.